The molecule has 1 saturated heterocycles. The van der Waals surface area contributed by atoms with E-state index in [-0.39, 0.29) is 13.2 Å². The molecule has 0 amide bonds. The first kappa shape index (κ1) is 14.9. The predicted octanol–water partition coefficient (Wildman–Crippen LogP) is 3.24. The van der Waals surface area contributed by atoms with Gasteiger partial charge >= 0.3 is 0 Å². The van der Waals surface area contributed by atoms with E-state index in [4.69, 9.17) is 14.2 Å². The molecule has 1 aliphatic carbocycles. The molecule has 21 heavy (non-hydrogen) atoms. The summed E-state index contributed by atoms with van der Waals surface area (Å²) in [7, 11) is 0. The van der Waals surface area contributed by atoms with Crippen molar-refractivity contribution in [2.75, 3.05) is 13.2 Å². The fourth-order valence-corrected chi connectivity index (χ4v) is 2.91. The first-order valence-electron chi connectivity index (χ1n) is 7.21. The van der Waals surface area contributed by atoms with Gasteiger partial charge in [0, 0.05) is 0 Å². The van der Waals surface area contributed by atoms with Crippen molar-refractivity contribution in [2.45, 2.75) is 38.3 Å². The van der Waals surface area contributed by atoms with E-state index in [9.17, 15) is 8.78 Å². The van der Waals surface area contributed by atoms with Gasteiger partial charge in [-0.1, -0.05) is 30.3 Å². The van der Waals surface area contributed by atoms with Crippen LogP contribution >= 0.6 is 0 Å². The molecule has 0 aromatic heterocycles. The lowest BCUT2D eigenvalue weighted by molar-refractivity contribution is -0.143. The maximum absolute atomic E-state index is 13.9. The molecule has 2 fully saturated rings. The van der Waals surface area contributed by atoms with Gasteiger partial charge in [0.2, 0.25) is 0 Å². The number of benzene rings is 1. The van der Waals surface area contributed by atoms with E-state index < -0.39 is 29.6 Å². The first-order valence-corrected chi connectivity index (χ1v) is 7.21. The first-order chi connectivity index (χ1) is 9.90. The van der Waals surface area contributed by atoms with Gasteiger partial charge in [-0.2, -0.15) is 0 Å². The van der Waals surface area contributed by atoms with Crippen LogP contribution in [0, 0.1) is 11.8 Å². The van der Waals surface area contributed by atoms with Crippen LogP contribution in [0.3, 0.4) is 0 Å². The molecule has 2 aliphatic rings. The minimum atomic E-state index is -2.72. The average Bonchev–Trinajstić information content (AvgIpc) is 2.78. The van der Waals surface area contributed by atoms with Crippen LogP contribution in [-0.2, 0) is 20.8 Å². The molecule has 1 aromatic rings. The van der Waals surface area contributed by atoms with Crippen molar-refractivity contribution in [1.29, 1.82) is 0 Å². The number of hydrogen-bond acceptors (Lipinski definition) is 3. The van der Waals surface area contributed by atoms with E-state index in [1.807, 2.05) is 30.3 Å². The third-order valence-electron chi connectivity index (χ3n) is 4.10. The Hall–Kier alpha value is -1.04. The predicted molar refractivity (Wildman–Crippen MR) is 72.9 cm³/mol. The third-order valence-corrected chi connectivity index (χ3v) is 4.10. The topological polar surface area (TPSA) is 27.7 Å². The number of rotatable bonds is 5. The van der Waals surface area contributed by atoms with Gasteiger partial charge < -0.3 is 14.2 Å². The van der Waals surface area contributed by atoms with E-state index in [0.29, 0.717) is 6.61 Å². The Balaban J connectivity index is 1.50. The fourth-order valence-electron chi connectivity index (χ4n) is 2.91. The van der Waals surface area contributed by atoms with Crippen LogP contribution in [0.25, 0.3) is 0 Å². The fraction of sp³-hybridized carbons (Fsp3) is 0.625. The molecule has 3 rings (SSSR count). The van der Waals surface area contributed by atoms with Crippen molar-refractivity contribution in [2.24, 2.45) is 11.8 Å². The highest BCUT2D eigenvalue weighted by Crippen LogP contribution is 2.59. The van der Waals surface area contributed by atoms with E-state index in [2.05, 4.69) is 0 Å². The average molecular weight is 298 g/mol. The molecular formula is C16H20F2O3. The molecule has 1 aliphatic heterocycles. The minimum Gasteiger partial charge on any atom is -0.376 e. The smallest absolute Gasteiger partial charge is 0.259 e. The largest absolute Gasteiger partial charge is 0.376 e. The lowest BCUT2D eigenvalue weighted by Gasteiger charge is -2.16. The second-order valence-corrected chi connectivity index (χ2v) is 6.17. The summed E-state index contributed by atoms with van der Waals surface area (Å²) in [5.74, 6) is -5.05. The highest BCUT2D eigenvalue weighted by molar-refractivity contribution is 5.14. The maximum Gasteiger partial charge on any atom is 0.259 e. The van der Waals surface area contributed by atoms with E-state index in [1.54, 1.807) is 13.8 Å². The highest BCUT2D eigenvalue weighted by Gasteiger charge is 2.72. The molecule has 0 radical (unpaired) electrons. The summed E-state index contributed by atoms with van der Waals surface area (Å²) in [6.45, 7) is 4.12. The van der Waals surface area contributed by atoms with Gasteiger partial charge in [-0.15, -0.1) is 0 Å². The normalized spacial score (nSPS) is 33.0. The molecule has 116 valence electrons. The zero-order valence-electron chi connectivity index (χ0n) is 12.2. The summed E-state index contributed by atoms with van der Waals surface area (Å²) in [4.78, 5) is 0. The SMILES string of the molecule is CC1(C)OC[C@H]([C@@H]2[C@H](COCc3ccccc3)C2(F)F)O1. The Labute approximate surface area is 123 Å². The van der Waals surface area contributed by atoms with Crippen LogP contribution in [0.1, 0.15) is 19.4 Å². The number of hydrogen-bond donors (Lipinski definition) is 0. The minimum absolute atomic E-state index is 0.0485. The highest BCUT2D eigenvalue weighted by atomic mass is 19.3. The van der Waals surface area contributed by atoms with Gasteiger partial charge in [-0.05, 0) is 19.4 Å². The van der Waals surface area contributed by atoms with Crippen LogP contribution in [0.5, 0.6) is 0 Å². The molecular weight excluding hydrogens is 278 g/mol. The molecule has 1 aromatic carbocycles. The van der Waals surface area contributed by atoms with E-state index >= 15 is 0 Å². The summed E-state index contributed by atoms with van der Waals surface area (Å²) >= 11 is 0. The number of alkyl halides is 2. The quantitative estimate of drug-likeness (QED) is 0.835. The van der Waals surface area contributed by atoms with Crippen LogP contribution in [0.15, 0.2) is 30.3 Å². The Morgan fingerprint density at radius 3 is 2.57 bits per heavy atom. The zero-order chi connectivity index (χ0) is 15.1. The van der Waals surface area contributed by atoms with Crippen LogP contribution in [0.2, 0.25) is 0 Å². The molecule has 5 heteroatoms. The van der Waals surface area contributed by atoms with Crippen LogP contribution < -0.4 is 0 Å². The molecule has 0 unspecified atom stereocenters. The third kappa shape index (κ3) is 3.10. The summed E-state index contributed by atoms with van der Waals surface area (Å²) < 4.78 is 44.1. The summed E-state index contributed by atoms with van der Waals surface area (Å²) in [6, 6.07) is 9.55. The zero-order valence-corrected chi connectivity index (χ0v) is 12.2. The van der Waals surface area contributed by atoms with Crippen molar-refractivity contribution < 1.29 is 23.0 Å². The molecule has 0 N–H and O–H groups in total. The lowest BCUT2D eigenvalue weighted by Crippen LogP contribution is -2.23. The second-order valence-electron chi connectivity index (χ2n) is 6.17. The molecule has 0 spiro atoms. The van der Waals surface area contributed by atoms with Crippen LogP contribution in [0.4, 0.5) is 8.78 Å². The molecule has 3 atom stereocenters. The van der Waals surface area contributed by atoms with Crippen molar-refractivity contribution in [3.63, 3.8) is 0 Å². The summed E-state index contributed by atoms with van der Waals surface area (Å²) in [5, 5.41) is 0. The van der Waals surface area contributed by atoms with Crippen molar-refractivity contribution in [3.05, 3.63) is 35.9 Å². The van der Waals surface area contributed by atoms with Crippen LogP contribution in [-0.4, -0.2) is 31.0 Å². The molecule has 0 bridgehead atoms. The standard InChI is InChI=1S/C16H20F2O3/c1-15(2)20-10-13(21-15)14-12(16(14,17)18)9-19-8-11-6-4-3-5-7-11/h3-7,12-14H,8-10H2,1-2H3/t12-,13+,14-/m0/s1. The summed E-state index contributed by atoms with van der Waals surface area (Å²) in [5.41, 5.74) is 0.986. The van der Waals surface area contributed by atoms with E-state index in [0.717, 1.165) is 5.56 Å². The Morgan fingerprint density at radius 2 is 1.95 bits per heavy atom. The van der Waals surface area contributed by atoms with Gasteiger partial charge in [0.15, 0.2) is 5.79 Å². The monoisotopic (exact) mass is 298 g/mol. The van der Waals surface area contributed by atoms with Crippen molar-refractivity contribution in [1.82, 2.24) is 0 Å². The van der Waals surface area contributed by atoms with Gasteiger partial charge in [0.1, 0.15) is 0 Å². The van der Waals surface area contributed by atoms with Gasteiger partial charge in [-0.25, -0.2) is 8.78 Å². The van der Waals surface area contributed by atoms with Gasteiger partial charge in [0.25, 0.3) is 5.92 Å². The van der Waals surface area contributed by atoms with E-state index in [1.165, 1.54) is 0 Å². The summed E-state index contributed by atoms with van der Waals surface area (Å²) in [6.07, 6.45) is -0.541. The van der Waals surface area contributed by atoms with Crippen molar-refractivity contribution in [3.8, 4) is 0 Å². The lowest BCUT2D eigenvalue weighted by atomic mass is 10.2. The van der Waals surface area contributed by atoms with Crippen molar-refractivity contribution >= 4 is 0 Å². The second kappa shape index (κ2) is 5.30. The number of halogens is 2. The molecule has 1 saturated carbocycles. The Bertz CT molecular complexity index is 490. The van der Waals surface area contributed by atoms with Gasteiger partial charge in [-0.3, -0.25) is 0 Å². The molecule has 3 nitrogen and oxygen atoms in total. The maximum atomic E-state index is 13.9. The molecule has 1 heterocycles. The Kier molecular flexibility index (Phi) is 3.76. The Morgan fingerprint density at radius 1 is 1.24 bits per heavy atom. The van der Waals surface area contributed by atoms with Gasteiger partial charge in [0.05, 0.1) is 37.8 Å². The number of ether oxygens (including phenoxy) is 3.